The summed E-state index contributed by atoms with van der Waals surface area (Å²) in [4.78, 5) is 0. The summed E-state index contributed by atoms with van der Waals surface area (Å²) < 4.78 is 6.68. The lowest BCUT2D eigenvalue weighted by molar-refractivity contribution is -0.101. The van der Waals surface area contributed by atoms with Gasteiger partial charge in [0, 0.05) is 12.1 Å². The van der Waals surface area contributed by atoms with Crippen LogP contribution in [0, 0.1) is 22.7 Å². The zero-order valence-corrected chi connectivity index (χ0v) is 15.5. The molecular formula is C19H37NO. The summed E-state index contributed by atoms with van der Waals surface area (Å²) in [6.07, 6.45) is 4.77. The van der Waals surface area contributed by atoms with E-state index in [1.807, 2.05) is 0 Å². The summed E-state index contributed by atoms with van der Waals surface area (Å²) in [6.45, 7) is 19.6. The van der Waals surface area contributed by atoms with Crippen LogP contribution in [0.5, 0.6) is 0 Å². The second-order valence-corrected chi connectivity index (χ2v) is 9.65. The minimum atomic E-state index is 0.161. The van der Waals surface area contributed by atoms with Gasteiger partial charge in [-0.05, 0) is 62.7 Å². The first-order valence-corrected chi connectivity index (χ1v) is 8.88. The van der Waals surface area contributed by atoms with E-state index in [1.54, 1.807) is 0 Å². The predicted molar refractivity (Wildman–Crippen MR) is 90.5 cm³/mol. The van der Waals surface area contributed by atoms with Crippen LogP contribution in [0.3, 0.4) is 0 Å². The minimum absolute atomic E-state index is 0.161. The molecule has 0 radical (unpaired) electrons. The molecule has 0 saturated heterocycles. The van der Waals surface area contributed by atoms with Gasteiger partial charge in [0.05, 0.1) is 12.2 Å². The standard InChI is InChI=1S/C19H37NO/c1-13(2)15(12-20-17(3,4)5)21-16-11-14-9-10-19(16,8)18(14,6)7/h13-16,20H,9-12H2,1-8H3. The van der Waals surface area contributed by atoms with E-state index >= 15 is 0 Å². The average molecular weight is 296 g/mol. The zero-order chi connectivity index (χ0) is 16.1. The molecule has 0 aromatic heterocycles. The van der Waals surface area contributed by atoms with Crippen molar-refractivity contribution < 1.29 is 4.74 Å². The number of ether oxygens (including phenoxy) is 1. The van der Waals surface area contributed by atoms with Gasteiger partial charge in [0.25, 0.3) is 0 Å². The van der Waals surface area contributed by atoms with Crippen LogP contribution in [0.2, 0.25) is 0 Å². The molecule has 4 atom stereocenters. The van der Waals surface area contributed by atoms with Crippen LogP contribution < -0.4 is 5.32 Å². The molecule has 0 heterocycles. The number of fused-ring (bicyclic) bond motifs is 2. The van der Waals surface area contributed by atoms with Crippen molar-refractivity contribution in [1.29, 1.82) is 0 Å². The zero-order valence-electron chi connectivity index (χ0n) is 15.5. The van der Waals surface area contributed by atoms with Gasteiger partial charge in [0.1, 0.15) is 0 Å². The lowest BCUT2D eigenvalue weighted by atomic mass is 9.70. The molecule has 2 bridgehead atoms. The Morgan fingerprint density at radius 1 is 1.19 bits per heavy atom. The molecule has 2 fully saturated rings. The van der Waals surface area contributed by atoms with Crippen molar-refractivity contribution in [3.8, 4) is 0 Å². The number of nitrogens with one attached hydrogen (secondary N) is 1. The third-order valence-electron chi connectivity index (χ3n) is 6.63. The van der Waals surface area contributed by atoms with Gasteiger partial charge in [-0.25, -0.2) is 0 Å². The Balaban J connectivity index is 2.02. The summed E-state index contributed by atoms with van der Waals surface area (Å²) in [5, 5.41) is 3.63. The van der Waals surface area contributed by atoms with Crippen molar-refractivity contribution in [2.75, 3.05) is 6.54 Å². The molecule has 4 unspecified atom stereocenters. The van der Waals surface area contributed by atoms with Gasteiger partial charge in [-0.1, -0.05) is 34.6 Å². The maximum atomic E-state index is 6.68. The lowest BCUT2D eigenvalue weighted by Gasteiger charge is -2.41. The SMILES string of the molecule is CC(C)C(CNC(C)(C)C)OC1CC2CCC1(C)C2(C)C. The van der Waals surface area contributed by atoms with Crippen LogP contribution in [0.25, 0.3) is 0 Å². The Morgan fingerprint density at radius 3 is 2.19 bits per heavy atom. The fourth-order valence-corrected chi connectivity index (χ4v) is 4.39. The third kappa shape index (κ3) is 3.17. The normalized spacial score (nSPS) is 36.4. The smallest absolute Gasteiger partial charge is 0.0726 e. The molecule has 0 amide bonds. The Labute approximate surface area is 132 Å². The van der Waals surface area contributed by atoms with Crippen molar-refractivity contribution in [2.24, 2.45) is 22.7 Å². The number of hydrogen-bond acceptors (Lipinski definition) is 2. The second kappa shape index (κ2) is 5.53. The molecule has 21 heavy (non-hydrogen) atoms. The Morgan fingerprint density at radius 2 is 1.81 bits per heavy atom. The molecule has 0 aromatic rings. The van der Waals surface area contributed by atoms with Gasteiger partial charge in [-0.15, -0.1) is 0 Å². The van der Waals surface area contributed by atoms with Gasteiger partial charge >= 0.3 is 0 Å². The monoisotopic (exact) mass is 295 g/mol. The maximum Gasteiger partial charge on any atom is 0.0726 e. The van der Waals surface area contributed by atoms with E-state index in [1.165, 1.54) is 19.3 Å². The average Bonchev–Trinajstić information content (AvgIpc) is 2.65. The first-order chi connectivity index (χ1) is 9.47. The molecular weight excluding hydrogens is 258 g/mol. The topological polar surface area (TPSA) is 21.3 Å². The fraction of sp³-hybridized carbons (Fsp3) is 1.00. The Bertz CT molecular complexity index is 368. The second-order valence-electron chi connectivity index (χ2n) is 9.65. The summed E-state index contributed by atoms with van der Waals surface area (Å²) >= 11 is 0. The molecule has 2 saturated carbocycles. The summed E-state index contributed by atoms with van der Waals surface area (Å²) in [7, 11) is 0. The van der Waals surface area contributed by atoms with Gasteiger partial charge in [-0.3, -0.25) is 0 Å². The predicted octanol–water partition coefficient (Wildman–Crippen LogP) is 4.63. The lowest BCUT2D eigenvalue weighted by Crippen LogP contribution is -2.47. The molecule has 124 valence electrons. The quantitative estimate of drug-likeness (QED) is 0.798. The van der Waals surface area contributed by atoms with Gasteiger partial charge in [0.15, 0.2) is 0 Å². The number of rotatable bonds is 5. The highest BCUT2D eigenvalue weighted by atomic mass is 16.5. The van der Waals surface area contributed by atoms with E-state index in [0.29, 0.717) is 29.0 Å². The molecule has 1 N–H and O–H groups in total. The number of hydrogen-bond donors (Lipinski definition) is 1. The minimum Gasteiger partial charge on any atom is -0.373 e. The van der Waals surface area contributed by atoms with E-state index in [9.17, 15) is 0 Å². The van der Waals surface area contributed by atoms with E-state index < -0.39 is 0 Å². The molecule has 0 aromatic carbocycles. The molecule has 0 spiro atoms. The van der Waals surface area contributed by atoms with Gasteiger partial charge < -0.3 is 10.1 Å². The molecule has 2 heteroatoms. The van der Waals surface area contributed by atoms with E-state index in [-0.39, 0.29) is 5.54 Å². The molecule has 2 aliphatic rings. The molecule has 2 aliphatic carbocycles. The first kappa shape index (κ1) is 17.3. The van der Waals surface area contributed by atoms with E-state index in [2.05, 4.69) is 60.7 Å². The van der Waals surface area contributed by atoms with Crippen molar-refractivity contribution in [1.82, 2.24) is 5.32 Å². The third-order valence-corrected chi connectivity index (χ3v) is 6.63. The highest BCUT2D eigenvalue weighted by molar-refractivity contribution is 5.11. The van der Waals surface area contributed by atoms with Crippen molar-refractivity contribution in [2.45, 2.75) is 92.4 Å². The van der Waals surface area contributed by atoms with Crippen LogP contribution in [0.4, 0.5) is 0 Å². The van der Waals surface area contributed by atoms with Gasteiger partial charge in [0.2, 0.25) is 0 Å². The molecule has 2 rings (SSSR count). The van der Waals surface area contributed by atoms with Crippen LogP contribution >= 0.6 is 0 Å². The Hall–Kier alpha value is -0.0800. The molecule has 2 nitrogen and oxygen atoms in total. The fourth-order valence-electron chi connectivity index (χ4n) is 4.39. The van der Waals surface area contributed by atoms with E-state index in [0.717, 1.165) is 12.5 Å². The van der Waals surface area contributed by atoms with Crippen molar-refractivity contribution in [3.63, 3.8) is 0 Å². The summed E-state index contributed by atoms with van der Waals surface area (Å²) in [5.41, 5.74) is 0.970. The van der Waals surface area contributed by atoms with Crippen LogP contribution in [0.1, 0.15) is 74.7 Å². The highest BCUT2D eigenvalue weighted by Gasteiger charge is 2.62. The largest absolute Gasteiger partial charge is 0.373 e. The Kier molecular flexibility index (Phi) is 4.55. The van der Waals surface area contributed by atoms with Crippen LogP contribution in [0.15, 0.2) is 0 Å². The highest BCUT2D eigenvalue weighted by Crippen LogP contribution is 2.66. The van der Waals surface area contributed by atoms with Crippen LogP contribution in [-0.2, 0) is 4.74 Å². The van der Waals surface area contributed by atoms with Crippen molar-refractivity contribution >= 4 is 0 Å². The van der Waals surface area contributed by atoms with Crippen molar-refractivity contribution in [3.05, 3.63) is 0 Å². The summed E-state index contributed by atoms with van der Waals surface area (Å²) in [6, 6.07) is 0. The van der Waals surface area contributed by atoms with Gasteiger partial charge in [-0.2, -0.15) is 0 Å². The molecule has 0 aliphatic heterocycles. The van der Waals surface area contributed by atoms with E-state index in [4.69, 9.17) is 4.74 Å². The first-order valence-electron chi connectivity index (χ1n) is 8.88. The maximum absolute atomic E-state index is 6.68. The van der Waals surface area contributed by atoms with Crippen LogP contribution in [-0.4, -0.2) is 24.3 Å². The summed E-state index contributed by atoms with van der Waals surface area (Å²) in [5.74, 6) is 1.42.